The average molecular weight is 394 g/mol. The molecule has 0 aliphatic carbocycles. The van der Waals surface area contributed by atoms with Crippen molar-refractivity contribution in [1.82, 2.24) is 14.8 Å². The summed E-state index contributed by atoms with van der Waals surface area (Å²) in [5.74, 6) is 0.652. The fourth-order valence-corrected chi connectivity index (χ4v) is 5.03. The van der Waals surface area contributed by atoms with Gasteiger partial charge in [0.15, 0.2) is 0 Å². The van der Waals surface area contributed by atoms with Gasteiger partial charge in [-0.3, -0.25) is 9.69 Å². The third-order valence-corrected chi connectivity index (χ3v) is 6.67. The molecule has 1 aromatic heterocycles. The van der Waals surface area contributed by atoms with Gasteiger partial charge in [-0.1, -0.05) is 42.5 Å². The van der Waals surface area contributed by atoms with Gasteiger partial charge in [-0.25, -0.2) is 4.98 Å². The predicted octanol–water partition coefficient (Wildman–Crippen LogP) is 4.52. The monoisotopic (exact) mass is 393 g/mol. The lowest BCUT2D eigenvalue weighted by Crippen LogP contribution is -2.43. The number of hydrogen-bond donors (Lipinski definition) is 0. The number of likely N-dealkylation sites (N-methyl/N-ethyl adjacent to an activating group) is 1. The van der Waals surface area contributed by atoms with E-state index in [1.165, 1.54) is 15.3 Å². The first-order valence-corrected chi connectivity index (χ1v) is 10.9. The number of aromatic nitrogens is 1. The summed E-state index contributed by atoms with van der Waals surface area (Å²) in [6.45, 7) is 5.90. The van der Waals surface area contributed by atoms with Crippen molar-refractivity contribution in [3.05, 3.63) is 65.2 Å². The van der Waals surface area contributed by atoms with Gasteiger partial charge in [0.25, 0.3) is 0 Å². The van der Waals surface area contributed by atoms with Crippen LogP contribution in [0.3, 0.4) is 0 Å². The van der Waals surface area contributed by atoms with Crippen LogP contribution in [0.5, 0.6) is 0 Å². The number of piperidine rings is 1. The fraction of sp³-hybridized carbons (Fsp3) is 0.391. The molecular formula is C23H27N3OS. The maximum absolute atomic E-state index is 12.9. The molecular weight excluding hydrogens is 366 g/mol. The number of thiazole rings is 1. The van der Waals surface area contributed by atoms with E-state index in [0.717, 1.165) is 38.0 Å². The highest BCUT2D eigenvalue weighted by molar-refractivity contribution is 7.18. The molecule has 1 aliphatic heterocycles. The predicted molar refractivity (Wildman–Crippen MR) is 116 cm³/mol. The van der Waals surface area contributed by atoms with Crippen LogP contribution in [0.4, 0.5) is 0 Å². The number of para-hydroxylation sites is 1. The number of carbonyl (C=O) groups is 1. The molecule has 4 nitrogen and oxygen atoms in total. The largest absolute Gasteiger partial charge is 0.338 e. The van der Waals surface area contributed by atoms with E-state index in [4.69, 9.17) is 4.98 Å². The first-order valence-electron chi connectivity index (χ1n) is 10.1. The molecule has 2 heterocycles. The molecule has 3 aromatic rings. The molecule has 1 fully saturated rings. The molecule has 1 amide bonds. The quantitative estimate of drug-likeness (QED) is 0.618. The first-order chi connectivity index (χ1) is 13.7. The highest BCUT2D eigenvalue weighted by Gasteiger charge is 2.26. The van der Waals surface area contributed by atoms with Crippen LogP contribution in [-0.4, -0.2) is 46.9 Å². The number of rotatable bonds is 6. The zero-order valence-electron chi connectivity index (χ0n) is 16.4. The Bertz CT molecular complexity index is 891. The van der Waals surface area contributed by atoms with Crippen LogP contribution in [0, 0.1) is 0 Å². The van der Waals surface area contributed by atoms with Crippen LogP contribution in [-0.2, 0) is 11.3 Å². The molecule has 0 spiro atoms. The second-order valence-corrected chi connectivity index (χ2v) is 8.55. The molecule has 1 atom stereocenters. The van der Waals surface area contributed by atoms with Crippen LogP contribution in [0.1, 0.15) is 36.3 Å². The SMILES string of the molecule is CCN(Cc1ccccc1)C(=O)CN1CCC[C@H](c2nc3ccccc3s2)C1. The summed E-state index contributed by atoms with van der Waals surface area (Å²) in [4.78, 5) is 22.0. The maximum Gasteiger partial charge on any atom is 0.237 e. The van der Waals surface area contributed by atoms with Crippen molar-refractivity contribution < 1.29 is 4.79 Å². The number of nitrogens with zero attached hydrogens (tertiary/aromatic N) is 3. The van der Waals surface area contributed by atoms with E-state index < -0.39 is 0 Å². The topological polar surface area (TPSA) is 36.4 Å². The molecule has 4 rings (SSSR count). The minimum atomic E-state index is 0.219. The molecule has 0 N–H and O–H groups in total. The maximum atomic E-state index is 12.9. The highest BCUT2D eigenvalue weighted by Crippen LogP contribution is 2.32. The average Bonchev–Trinajstić information content (AvgIpc) is 3.17. The van der Waals surface area contributed by atoms with Gasteiger partial charge in [0.2, 0.25) is 5.91 Å². The molecule has 5 heteroatoms. The summed E-state index contributed by atoms with van der Waals surface area (Å²) in [7, 11) is 0. The molecule has 0 radical (unpaired) electrons. The first kappa shape index (κ1) is 19.1. The van der Waals surface area contributed by atoms with Crippen molar-refractivity contribution in [3.8, 4) is 0 Å². The van der Waals surface area contributed by atoms with Crippen LogP contribution in [0.15, 0.2) is 54.6 Å². The molecule has 2 aromatic carbocycles. The Morgan fingerprint density at radius 1 is 1.18 bits per heavy atom. The smallest absolute Gasteiger partial charge is 0.237 e. The van der Waals surface area contributed by atoms with E-state index in [2.05, 4.69) is 42.2 Å². The Kier molecular flexibility index (Phi) is 6.03. The number of amides is 1. The summed E-state index contributed by atoms with van der Waals surface area (Å²) in [6.07, 6.45) is 2.28. The standard InChI is InChI=1S/C23H27N3OS/c1-2-26(15-18-9-4-3-5-10-18)22(27)17-25-14-8-11-19(16-25)23-24-20-12-6-7-13-21(20)28-23/h3-7,9-10,12-13,19H,2,8,11,14-17H2,1H3/t19-/m0/s1. The molecule has 28 heavy (non-hydrogen) atoms. The Hall–Kier alpha value is -2.24. The number of hydrogen-bond acceptors (Lipinski definition) is 4. The van der Waals surface area contributed by atoms with Crippen LogP contribution >= 0.6 is 11.3 Å². The molecule has 1 aliphatic rings. The van der Waals surface area contributed by atoms with Gasteiger partial charge < -0.3 is 4.90 Å². The van der Waals surface area contributed by atoms with E-state index in [0.29, 0.717) is 19.0 Å². The van der Waals surface area contributed by atoms with Crippen molar-refractivity contribution in [2.24, 2.45) is 0 Å². The van der Waals surface area contributed by atoms with Crippen molar-refractivity contribution in [2.75, 3.05) is 26.2 Å². The van der Waals surface area contributed by atoms with Gasteiger partial charge in [0.05, 0.1) is 21.8 Å². The van der Waals surface area contributed by atoms with Crippen molar-refractivity contribution in [3.63, 3.8) is 0 Å². The van der Waals surface area contributed by atoms with Gasteiger partial charge in [0.1, 0.15) is 0 Å². The lowest BCUT2D eigenvalue weighted by atomic mass is 9.98. The fourth-order valence-electron chi connectivity index (χ4n) is 3.94. The summed E-state index contributed by atoms with van der Waals surface area (Å²) < 4.78 is 1.26. The second-order valence-electron chi connectivity index (χ2n) is 7.49. The Morgan fingerprint density at radius 2 is 1.96 bits per heavy atom. The summed E-state index contributed by atoms with van der Waals surface area (Å²) in [5, 5.41) is 1.22. The van der Waals surface area contributed by atoms with Crippen molar-refractivity contribution in [2.45, 2.75) is 32.2 Å². The minimum Gasteiger partial charge on any atom is -0.338 e. The zero-order valence-corrected chi connectivity index (χ0v) is 17.2. The van der Waals surface area contributed by atoms with Crippen molar-refractivity contribution >= 4 is 27.5 Å². The molecule has 1 saturated heterocycles. The van der Waals surface area contributed by atoms with Crippen LogP contribution in [0.25, 0.3) is 10.2 Å². The number of benzene rings is 2. The van der Waals surface area contributed by atoms with Gasteiger partial charge in [-0.15, -0.1) is 11.3 Å². The second kappa shape index (κ2) is 8.84. The molecule has 146 valence electrons. The van der Waals surface area contributed by atoms with Gasteiger partial charge in [-0.2, -0.15) is 0 Å². The zero-order chi connectivity index (χ0) is 19.3. The Morgan fingerprint density at radius 3 is 2.75 bits per heavy atom. The third kappa shape index (κ3) is 4.42. The highest BCUT2D eigenvalue weighted by atomic mass is 32.1. The Labute approximate surface area is 170 Å². The lowest BCUT2D eigenvalue weighted by Gasteiger charge is -2.33. The van der Waals surface area contributed by atoms with Crippen LogP contribution in [0.2, 0.25) is 0 Å². The van der Waals surface area contributed by atoms with Gasteiger partial charge in [0, 0.05) is 25.6 Å². The van der Waals surface area contributed by atoms with Crippen molar-refractivity contribution in [1.29, 1.82) is 0 Å². The normalized spacial score (nSPS) is 17.7. The summed E-state index contributed by atoms with van der Waals surface area (Å²) in [6, 6.07) is 18.6. The van der Waals surface area contributed by atoms with E-state index in [1.807, 2.05) is 29.2 Å². The summed E-state index contributed by atoms with van der Waals surface area (Å²) >= 11 is 1.80. The van der Waals surface area contributed by atoms with Gasteiger partial charge in [-0.05, 0) is 44.0 Å². The van der Waals surface area contributed by atoms with Crippen LogP contribution < -0.4 is 0 Å². The molecule has 0 saturated carbocycles. The Balaban J connectivity index is 1.39. The van der Waals surface area contributed by atoms with E-state index in [-0.39, 0.29) is 5.91 Å². The summed E-state index contributed by atoms with van der Waals surface area (Å²) in [5.41, 5.74) is 2.28. The molecule has 0 unspecified atom stereocenters. The number of likely N-dealkylation sites (tertiary alicyclic amines) is 1. The minimum absolute atomic E-state index is 0.219. The number of carbonyl (C=O) groups excluding carboxylic acids is 1. The van der Waals surface area contributed by atoms with Gasteiger partial charge >= 0.3 is 0 Å². The van der Waals surface area contributed by atoms with E-state index >= 15 is 0 Å². The van der Waals surface area contributed by atoms with E-state index in [1.54, 1.807) is 11.3 Å². The van der Waals surface area contributed by atoms with E-state index in [9.17, 15) is 4.79 Å². The number of fused-ring (bicyclic) bond motifs is 1. The molecule has 0 bridgehead atoms. The lowest BCUT2D eigenvalue weighted by molar-refractivity contribution is -0.133. The third-order valence-electron chi connectivity index (χ3n) is 5.47.